The van der Waals surface area contributed by atoms with Gasteiger partial charge < -0.3 is 10.1 Å². The number of aryl methyl sites for hydroxylation is 1. The predicted octanol–water partition coefficient (Wildman–Crippen LogP) is 3.35. The van der Waals surface area contributed by atoms with E-state index in [2.05, 4.69) is 5.32 Å². The third-order valence-electron chi connectivity index (χ3n) is 3.78. The van der Waals surface area contributed by atoms with Gasteiger partial charge in [0.1, 0.15) is 0 Å². The molecule has 0 unspecified atom stereocenters. The van der Waals surface area contributed by atoms with Gasteiger partial charge in [0.05, 0.1) is 12.5 Å². The lowest BCUT2D eigenvalue weighted by Gasteiger charge is -2.17. The van der Waals surface area contributed by atoms with Gasteiger partial charge in [0.15, 0.2) is 6.61 Å². The lowest BCUT2D eigenvalue weighted by atomic mass is 10.0. The summed E-state index contributed by atoms with van der Waals surface area (Å²) in [4.78, 5) is 23.8. The highest BCUT2D eigenvalue weighted by molar-refractivity contribution is 5.81. The monoisotopic (exact) mass is 325 g/mol. The van der Waals surface area contributed by atoms with Crippen LogP contribution < -0.4 is 5.32 Å². The Balaban J connectivity index is 1.81. The molecular formula is C20H23NO3. The Labute approximate surface area is 142 Å². The second-order valence-electron chi connectivity index (χ2n) is 5.76. The zero-order valence-electron chi connectivity index (χ0n) is 14.1. The summed E-state index contributed by atoms with van der Waals surface area (Å²) in [7, 11) is 0. The van der Waals surface area contributed by atoms with Crippen molar-refractivity contribution in [3.8, 4) is 0 Å². The summed E-state index contributed by atoms with van der Waals surface area (Å²) in [5, 5.41) is 2.91. The smallest absolute Gasteiger partial charge is 0.310 e. The van der Waals surface area contributed by atoms with Crippen LogP contribution in [-0.2, 0) is 20.7 Å². The number of rotatable bonds is 7. The number of hydrogen-bond donors (Lipinski definition) is 1. The quantitative estimate of drug-likeness (QED) is 0.794. The fourth-order valence-electron chi connectivity index (χ4n) is 2.42. The first-order chi connectivity index (χ1) is 11.6. The third-order valence-corrected chi connectivity index (χ3v) is 3.78. The van der Waals surface area contributed by atoms with Crippen LogP contribution in [0.4, 0.5) is 0 Å². The molecule has 0 aromatic heterocycles. The number of carbonyl (C=O) groups excluding carboxylic acids is 2. The van der Waals surface area contributed by atoms with Gasteiger partial charge in [-0.05, 0) is 24.5 Å². The maximum atomic E-state index is 12.0. The van der Waals surface area contributed by atoms with E-state index in [0.717, 1.165) is 17.5 Å². The first kappa shape index (κ1) is 17.7. The standard InChI is InChI=1S/C20H23NO3/c1-3-18(17-11-9-15(2)10-12-17)21-19(22)14-24-20(23)13-16-7-5-4-6-8-16/h4-12,18H,3,13-14H2,1-2H3,(H,21,22)/t18-/m0/s1. The van der Waals surface area contributed by atoms with Crippen LogP contribution in [-0.4, -0.2) is 18.5 Å². The molecule has 0 saturated carbocycles. The Kier molecular flexibility index (Phi) is 6.55. The SMILES string of the molecule is CC[C@H](NC(=O)COC(=O)Cc1ccccc1)c1ccc(C)cc1. The molecule has 0 spiro atoms. The number of carbonyl (C=O) groups is 2. The van der Waals surface area contributed by atoms with Crippen molar-refractivity contribution in [2.75, 3.05) is 6.61 Å². The van der Waals surface area contributed by atoms with Gasteiger partial charge >= 0.3 is 5.97 Å². The number of amides is 1. The lowest BCUT2D eigenvalue weighted by Crippen LogP contribution is -2.32. The lowest BCUT2D eigenvalue weighted by molar-refractivity contribution is -0.148. The van der Waals surface area contributed by atoms with E-state index < -0.39 is 5.97 Å². The second-order valence-corrected chi connectivity index (χ2v) is 5.76. The largest absolute Gasteiger partial charge is 0.455 e. The number of ether oxygens (including phenoxy) is 1. The maximum absolute atomic E-state index is 12.0. The molecule has 126 valence electrons. The van der Waals surface area contributed by atoms with Crippen molar-refractivity contribution in [1.82, 2.24) is 5.32 Å². The molecule has 4 nitrogen and oxygen atoms in total. The highest BCUT2D eigenvalue weighted by Crippen LogP contribution is 2.16. The van der Waals surface area contributed by atoms with Crippen molar-refractivity contribution >= 4 is 11.9 Å². The number of hydrogen-bond acceptors (Lipinski definition) is 3. The number of esters is 1. The van der Waals surface area contributed by atoms with E-state index in [1.54, 1.807) is 0 Å². The van der Waals surface area contributed by atoms with Crippen LogP contribution in [0.5, 0.6) is 0 Å². The molecular weight excluding hydrogens is 302 g/mol. The normalized spacial score (nSPS) is 11.6. The summed E-state index contributed by atoms with van der Waals surface area (Å²) >= 11 is 0. The van der Waals surface area contributed by atoms with Crippen LogP contribution in [0.25, 0.3) is 0 Å². The van der Waals surface area contributed by atoms with Crippen molar-refractivity contribution in [1.29, 1.82) is 0 Å². The Morgan fingerprint density at radius 1 is 1.04 bits per heavy atom. The van der Waals surface area contributed by atoms with Gasteiger partial charge in [-0.1, -0.05) is 67.1 Å². The van der Waals surface area contributed by atoms with Crippen molar-refractivity contribution in [2.24, 2.45) is 0 Å². The highest BCUT2D eigenvalue weighted by atomic mass is 16.5. The average molecular weight is 325 g/mol. The van der Waals surface area contributed by atoms with Crippen molar-refractivity contribution < 1.29 is 14.3 Å². The molecule has 4 heteroatoms. The molecule has 0 aliphatic heterocycles. The summed E-state index contributed by atoms with van der Waals surface area (Å²) in [5.41, 5.74) is 3.09. The third kappa shape index (κ3) is 5.54. The zero-order valence-corrected chi connectivity index (χ0v) is 14.1. The topological polar surface area (TPSA) is 55.4 Å². The molecule has 2 rings (SSSR count). The van der Waals surface area contributed by atoms with E-state index in [-0.39, 0.29) is 25.0 Å². The predicted molar refractivity (Wildman–Crippen MR) is 93.5 cm³/mol. The molecule has 0 saturated heterocycles. The summed E-state index contributed by atoms with van der Waals surface area (Å²) in [5.74, 6) is -0.691. The van der Waals surface area contributed by atoms with Gasteiger partial charge in [0, 0.05) is 0 Å². The Bertz CT molecular complexity index is 665. The Morgan fingerprint density at radius 3 is 2.33 bits per heavy atom. The Morgan fingerprint density at radius 2 is 1.71 bits per heavy atom. The molecule has 2 aromatic carbocycles. The molecule has 0 radical (unpaired) electrons. The van der Waals surface area contributed by atoms with Crippen LogP contribution in [0.1, 0.15) is 36.1 Å². The molecule has 0 bridgehead atoms. The van der Waals surface area contributed by atoms with Gasteiger partial charge in [0.2, 0.25) is 0 Å². The first-order valence-corrected chi connectivity index (χ1v) is 8.14. The molecule has 1 amide bonds. The first-order valence-electron chi connectivity index (χ1n) is 8.14. The van der Waals surface area contributed by atoms with Crippen LogP contribution in [0.2, 0.25) is 0 Å². The van der Waals surface area contributed by atoms with Gasteiger partial charge in [-0.15, -0.1) is 0 Å². The number of nitrogens with one attached hydrogen (secondary N) is 1. The second kappa shape index (κ2) is 8.87. The molecule has 0 aliphatic rings. The fourth-order valence-corrected chi connectivity index (χ4v) is 2.42. The summed E-state index contributed by atoms with van der Waals surface area (Å²) in [6.07, 6.45) is 0.941. The number of benzene rings is 2. The van der Waals surface area contributed by atoms with E-state index >= 15 is 0 Å². The zero-order chi connectivity index (χ0) is 17.4. The minimum Gasteiger partial charge on any atom is -0.455 e. The molecule has 24 heavy (non-hydrogen) atoms. The molecule has 0 aliphatic carbocycles. The van der Waals surface area contributed by atoms with E-state index in [4.69, 9.17) is 4.74 Å². The summed E-state index contributed by atoms with van der Waals surface area (Å²) < 4.78 is 5.06. The maximum Gasteiger partial charge on any atom is 0.310 e. The van der Waals surface area contributed by atoms with Gasteiger partial charge in [-0.2, -0.15) is 0 Å². The molecule has 1 N–H and O–H groups in total. The van der Waals surface area contributed by atoms with Crippen LogP contribution >= 0.6 is 0 Å². The van der Waals surface area contributed by atoms with E-state index in [1.807, 2.05) is 68.4 Å². The van der Waals surface area contributed by atoms with Crippen molar-refractivity contribution in [3.63, 3.8) is 0 Å². The van der Waals surface area contributed by atoms with E-state index in [0.29, 0.717) is 0 Å². The van der Waals surface area contributed by atoms with Gasteiger partial charge in [-0.25, -0.2) is 0 Å². The minimum atomic E-state index is -0.403. The van der Waals surface area contributed by atoms with Gasteiger partial charge in [0.25, 0.3) is 5.91 Å². The van der Waals surface area contributed by atoms with Crippen LogP contribution in [0.15, 0.2) is 54.6 Å². The summed E-state index contributed by atoms with van der Waals surface area (Å²) in [6, 6.07) is 17.3. The highest BCUT2D eigenvalue weighted by Gasteiger charge is 2.14. The van der Waals surface area contributed by atoms with Crippen LogP contribution in [0, 0.1) is 6.92 Å². The van der Waals surface area contributed by atoms with E-state index in [9.17, 15) is 9.59 Å². The van der Waals surface area contributed by atoms with Crippen molar-refractivity contribution in [2.45, 2.75) is 32.7 Å². The van der Waals surface area contributed by atoms with Crippen molar-refractivity contribution in [3.05, 3.63) is 71.3 Å². The van der Waals surface area contributed by atoms with Gasteiger partial charge in [-0.3, -0.25) is 9.59 Å². The average Bonchev–Trinajstić information content (AvgIpc) is 2.59. The fraction of sp³-hybridized carbons (Fsp3) is 0.300. The Hall–Kier alpha value is -2.62. The van der Waals surface area contributed by atoms with Crippen LogP contribution in [0.3, 0.4) is 0 Å². The molecule has 0 heterocycles. The van der Waals surface area contributed by atoms with E-state index in [1.165, 1.54) is 5.56 Å². The summed E-state index contributed by atoms with van der Waals surface area (Å²) in [6.45, 7) is 3.77. The molecule has 1 atom stereocenters. The minimum absolute atomic E-state index is 0.0778. The molecule has 0 fully saturated rings. The molecule has 2 aromatic rings.